The Morgan fingerprint density at radius 1 is 1.14 bits per heavy atom. The average Bonchev–Trinajstić information content (AvgIpc) is 2.98. The van der Waals surface area contributed by atoms with Crippen molar-refractivity contribution in [2.45, 2.75) is 32.9 Å². The first-order valence-corrected chi connectivity index (χ1v) is 9.95. The van der Waals surface area contributed by atoms with Crippen molar-refractivity contribution in [1.82, 2.24) is 19.9 Å². The SMILES string of the molecule is CC[C@H](C)NC(=O)c1c(N)n(Cc2ccc(Cl)cc2)c2nc3ccccc3nc12. The van der Waals surface area contributed by atoms with Gasteiger partial charge in [0.1, 0.15) is 16.9 Å². The fourth-order valence-corrected chi connectivity index (χ4v) is 3.40. The van der Waals surface area contributed by atoms with Gasteiger partial charge in [-0.05, 0) is 43.2 Å². The van der Waals surface area contributed by atoms with Gasteiger partial charge in [-0.15, -0.1) is 0 Å². The van der Waals surface area contributed by atoms with Crippen LogP contribution in [-0.4, -0.2) is 26.5 Å². The molecule has 0 spiro atoms. The van der Waals surface area contributed by atoms with Crippen LogP contribution in [0.2, 0.25) is 5.02 Å². The van der Waals surface area contributed by atoms with Crippen molar-refractivity contribution < 1.29 is 4.79 Å². The average molecular weight is 408 g/mol. The predicted molar refractivity (Wildman–Crippen MR) is 117 cm³/mol. The molecule has 0 aliphatic carbocycles. The maximum Gasteiger partial charge on any atom is 0.257 e. The highest BCUT2D eigenvalue weighted by Gasteiger charge is 2.24. The maximum atomic E-state index is 13.0. The van der Waals surface area contributed by atoms with Crippen LogP contribution in [0, 0.1) is 0 Å². The van der Waals surface area contributed by atoms with E-state index in [1.54, 1.807) is 0 Å². The number of nitrogens with two attached hydrogens (primary N) is 1. The molecule has 1 atom stereocenters. The normalized spacial score (nSPS) is 12.4. The van der Waals surface area contributed by atoms with Gasteiger partial charge in [0, 0.05) is 11.1 Å². The van der Waals surface area contributed by atoms with E-state index in [4.69, 9.17) is 27.3 Å². The summed E-state index contributed by atoms with van der Waals surface area (Å²) in [6.07, 6.45) is 0.823. The Labute approximate surface area is 173 Å². The van der Waals surface area contributed by atoms with Gasteiger partial charge in [0.05, 0.1) is 17.6 Å². The molecule has 4 aromatic rings. The Balaban J connectivity index is 1.91. The molecule has 0 fully saturated rings. The molecule has 0 bridgehead atoms. The monoisotopic (exact) mass is 407 g/mol. The third-order valence-electron chi connectivity index (χ3n) is 5.06. The first-order chi connectivity index (χ1) is 14.0. The van der Waals surface area contributed by atoms with E-state index in [0.717, 1.165) is 23.0 Å². The van der Waals surface area contributed by atoms with Crippen LogP contribution < -0.4 is 11.1 Å². The van der Waals surface area contributed by atoms with Gasteiger partial charge in [-0.25, -0.2) is 9.97 Å². The van der Waals surface area contributed by atoms with E-state index in [1.807, 2.05) is 66.9 Å². The van der Waals surface area contributed by atoms with Gasteiger partial charge >= 0.3 is 0 Å². The molecule has 2 aromatic heterocycles. The van der Waals surface area contributed by atoms with Crippen molar-refractivity contribution in [1.29, 1.82) is 0 Å². The highest BCUT2D eigenvalue weighted by molar-refractivity contribution is 6.30. The highest BCUT2D eigenvalue weighted by Crippen LogP contribution is 2.29. The number of nitrogens with zero attached hydrogens (tertiary/aromatic N) is 3. The number of nitrogens with one attached hydrogen (secondary N) is 1. The molecule has 0 saturated heterocycles. The number of benzene rings is 2. The van der Waals surface area contributed by atoms with Crippen LogP contribution in [0.3, 0.4) is 0 Å². The van der Waals surface area contributed by atoms with Crippen molar-refractivity contribution in [3.8, 4) is 0 Å². The van der Waals surface area contributed by atoms with E-state index in [0.29, 0.717) is 34.1 Å². The largest absolute Gasteiger partial charge is 0.384 e. The molecule has 7 heteroatoms. The van der Waals surface area contributed by atoms with Gasteiger partial charge in [0.2, 0.25) is 0 Å². The fourth-order valence-electron chi connectivity index (χ4n) is 3.27. The smallest absolute Gasteiger partial charge is 0.257 e. The van der Waals surface area contributed by atoms with Crippen molar-refractivity contribution in [3.63, 3.8) is 0 Å². The molecule has 1 amide bonds. The minimum atomic E-state index is -0.235. The second-order valence-electron chi connectivity index (χ2n) is 7.14. The first-order valence-electron chi connectivity index (χ1n) is 9.57. The van der Waals surface area contributed by atoms with Gasteiger partial charge in [0.15, 0.2) is 5.65 Å². The molecule has 29 heavy (non-hydrogen) atoms. The lowest BCUT2D eigenvalue weighted by molar-refractivity contribution is 0.0941. The summed E-state index contributed by atoms with van der Waals surface area (Å²) in [5.41, 5.74) is 10.4. The summed E-state index contributed by atoms with van der Waals surface area (Å²) in [7, 11) is 0. The van der Waals surface area contributed by atoms with Crippen LogP contribution in [0.4, 0.5) is 5.82 Å². The van der Waals surface area contributed by atoms with Crippen molar-refractivity contribution in [2.24, 2.45) is 0 Å². The summed E-state index contributed by atoms with van der Waals surface area (Å²) in [5.74, 6) is 0.118. The number of hydrogen-bond acceptors (Lipinski definition) is 4. The number of amides is 1. The summed E-state index contributed by atoms with van der Waals surface area (Å²) in [4.78, 5) is 22.5. The van der Waals surface area contributed by atoms with Gasteiger partial charge in [0.25, 0.3) is 5.91 Å². The van der Waals surface area contributed by atoms with E-state index in [2.05, 4.69) is 5.32 Å². The molecule has 6 nitrogen and oxygen atoms in total. The fraction of sp³-hybridized carbons (Fsp3) is 0.227. The third-order valence-corrected chi connectivity index (χ3v) is 5.31. The number of nitrogen functional groups attached to an aromatic ring is 1. The molecule has 0 aliphatic heterocycles. The Hall–Kier alpha value is -3.12. The van der Waals surface area contributed by atoms with Crippen LogP contribution in [0.1, 0.15) is 36.2 Å². The molecule has 0 radical (unpaired) electrons. The topological polar surface area (TPSA) is 85.8 Å². The minimum Gasteiger partial charge on any atom is -0.384 e. The standard InChI is InChI=1S/C22H22ClN5O/c1-3-13(2)25-22(29)18-19-21(27-17-7-5-4-6-16(17)26-19)28(20(18)24)12-14-8-10-15(23)11-9-14/h4-11,13H,3,12,24H2,1-2H3,(H,25,29)/t13-/m0/s1. The molecule has 2 aromatic carbocycles. The molecule has 4 rings (SSSR count). The van der Waals surface area contributed by atoms with Crippen LogP contribution in [-0.2, 0) is 6.54 Å². The third kappa shape index (κ3) is 3.63. The van der Waals surface area contributed by atoms with Crippen LogP contribution in [0.25, 0.3) is 22.2 Å². The van der Waals surface area contributed by atoms with Crippen LogP contribution in [0.5, 0.6) is 0 Å². The zero-order valence-corrected chi connectivity index (χ0v) is 17.1. The van der Waals surface area contributed by atoms with Crippen LogP contribution in [0.15, 0.2) is 48.5 Å². The van der Waals surface area contributed by atoms with E-state index in [9.17, 15) is 4.79 Å². The van der Waals surface area contributed by atoms with Crippen LogP contribution >= 0.6 is 11.6 Å². The second-order valence-corrected chi connectivity index (χ2v) is 7.58. The number of halogens is 1. The van der Waals surface area contributed by atoms with Crippen molar-refractivity contribution >= 4 is 45.5 Å². The summed E-state index contributed by atoms with van der Waals surface area (Å²) in [5, 5.41) is 3.66. The number of carbonyl (C=O) groups excluding carboxylic acids is 1. The molecular weight excluding hydrogens is 386 g/mol. The Morgan fingerprint density at radius 3 is 2.45 bits per heavy atom. The number of fused-ring (bicyclic) bond motifs is 2. The summed E-state index contributed by atoms with van der Waals surface area (Å²) in [6, 6.07) is 15.1. The summed E-state index contributed by atoms with van der Waals surface area (Å²) >= 11 is 6.01. The van der Waals surface area contributed by atoms with Gasteiger partial charge in [-0.3, -0.25) is 4.79 Å². The minimum absolute atomic E-state index is 0.0324. The molecule has 148 valence electrons. The first kappa shape index (κ1) is 19.2. The molecule has 0 aliphatic rings. The zero-order valence-electron chi connectivity index (χ0n) is 16.3. The Bertz CT molecular complexity index is 1200. The predicted octanol–water partition coefficient (Wildman–Crippen LogP) is 4.40. The lowest BCUT2D eigenvalue weighted by atomic mass is 10.2. The van der Waals surface area contributed by atoms with Gasteiger partial charge < -0.3 is 15.6 Å². The Kier molecular flexibility index (Phi) is 5.11. The molecule has 2 heterocycles. The van der Waals surface area contributed by atoms with E-state index < -0.39 is 0 Å². The van der Waals surface area contributed by atoms with Gasteiger partial charge in [-0.2, -0.15) is 0 Å². The highest BCUT2D eigenvalue weighted by atomic mass is 35.5. The molecule has 0 saturated carbocycles. The molecule has 0 unspecified atom stereocenters. The molecular formula is C22H22ClN5O. The lowest BCUT2D eigenvalue weighted by Gasteiger charge is -2.11. The zero-order chi connectivity index (χ0) is 20.5. The summed E-state index contributed by atoms with van der Waals surface area (Å²) in [6.45, 7) is 4.44. The van der Waals surface area contributed by atoms with Crippen molar-refractivity contribution in [3.05, 3.63) is 64.7 Å². The van der Waals surface area contributed by atoms with E-state index in [1.165, 1.54) is 0 Å². The number of rotatable bonds is 5. The van der Waals surface area contributed by atoms with Crippen molar-refractivity contribution in [2.75, 3.05) is 5.73 Å². The molecule has 3 N–H and O–H groups in total. The number of anilines is 1. The number of hydrogen-bond donors (Lipinski definition) is 2. The van der Waals surface area contributed by atoms with Gasteiger partial charge in [-0.1, -0.05) is 42.8 Å². The van der Waals surface area contributed by atoms with E-state index in [-0.39, 0.29) is 11.9 Å². The number of para-hydroxylation sites is 2. The Morgan fingerprint density at radius 2 is 1.79 bits per heavy atom. The quantitative estimate of drug-likeness (QED) is 0.513. The number of carbonyl (C=O) groups is 1. The lowest BCUT2D eigenvalue weighted by Crippen LogP contribution is -2.32. The summed E-state index contributed by atoms with van der Waals surface area (Å²) < 4.78 is 1.84. The second kappa shape index (κ2) is 7.72. The number of aromatic nitrogens is 3. The maximum absolute atomic E-state index is 13.0. The van der Waals surface area contributed by atoms with E-state index >= 15 is 0 Å².